The summed E-state index contributed by atoms with van der Waals surface area (Å²) < 4.78 is 5.48. The van der Waals surface area contributed by atoms with Crippen LogP contribution in [0, 0.1) is 6.92 Å². The highest BCUT2D eigenvalue weighted by atomic mass is 35.5. The first-order valence-electron chi connectivity index (χ1n) is 14.5. The molecule has 1 aliphatic heterocycles. The molecule has 2 unspecified atom stereocenters. The number of nitrogens with zero attached hydrogens (tertiary/aromatic N) is 4. The standard InChI is InChI=1S/C35H31ClN6O3/c1-21-6-11-26(17-31(21)41-35-38-16-14-30(40-35)24-5-4-15-37-20-24)39-33(43)19-28-22(2)42(32-13-12-27(45-3)18-29(28)32)34(44)23-7-9-25(36)10-8-23/h4-18,20,22,28H,19H2,1-3H3,(H,39,43)(H,38,40,41). The first-order chi connectivity index (χ1) is 21.8. The smallest absolute Gasteiger partial charge is 0.258 e. The Balaban J connectivity index is 1.20. The molecule has 0 radical (unpaired) electrons. The molecular weight excluding hydrogens is 588 g/mol. The Hall–Kier alpha value is -5.28. The third-order valence-corrected chi connectivity index (χ3v) is 8.23. The Bertz CT molecular complexity index is 1870. The van der Waals surface area contributed by atoms with Crippen molar-refractivity contribution in [3.8, 4) is 17.0 Å². The second kappa shape index (κ2) is 12.8. The van der Waals surface area contributed by atoms with Gasteiger partial charge in [0.15, 0.2) is 0 Å². The molecule has 1 aliphatic rings. The SMILES string of the molecule is COc1ccc2c(c1)C(CC(=O)Nc1ccc(C)c(Nc3nccc(-c4cccnc4)n3)c1)C(C)N2C(=O)c1ccc(Cl)cc1. The molecule has 2 aromatic heterocycles. The molecular formula is C35H31ClN6O3. The molecule has 0 aliphatic carbocycles. The molecule has 2 N–H and O–H groups in total. The molecule has 2 amide bonds. The van der Waals surface area contributed by atoms with Crippen LogP contribution < -0.4 is 20.3 Å². The van der Waals surface area contributed by atoms with Crippen LogP contribution in [0.4, 0.5) is 23.0 Å². The number of carbonyl (C=O) groups excluding carboxylic acids is 2. The number of nitrogens with one attached hydrogen (secondary N) is 2. The maximum Gasteiger partial charge on any atom is 0.258 e. The molecule has 10 heteroatoms. The van der Waals surface area contributed by atoms with E-state index in [4.69, 9.17) is 16.3 Å². The van der Waals surface area contributed by atoms with Crippen LogP contribution in [-0.2, 0) is 4.79 Å². The van der Waals surface area contributed by atoms with Gasteiger partial charge in [-0.3, -0.25) is 14.6 Å². The summed E-state index contributed by atoms with van der Waals surface area (Å²) in [7, 11) is 1.60. The van der Waals surface area contributed by atoms with Crippen LogP contribution in [0.5, 0.6) is 5.75 Å². The van der Waals surface area contributed by atoms with E-state index in [1.165, 1.54) is 0 Å². The fraction of sp³-hybridized carbons (Fsp3) is 0.171. The van der Waals surface area contributed by atoms with Gasteiger partial charge in [0.05, 0.1) is 12.8 Å². The third kappa shape index (κ3) is 6.34. The Labute approximate surface area is 266 Å². The second-order valence-corrected chi connectivity index (χ2v) is 11.3. The maximum atomic E-state index is 13.7. The summed E-state index contributed by atoms with van der Waals surface area (Å²) in [5, 5.41) is 6.88. The number of hydrogen-bond acceptors (Lipinski definition) is 7. The first kappa shape index (κ1) is 29.8. The summed E-state index contributed by atoms with van der Waals surface area (Å²) in [6, 6.07) is 23.4. The van der Waals surface area contributed by atoms with Crippen molar-refractivity contribution >= 4 is 46.4 Å². The number of rotatable bonds is 8. The zero-order chi connectivity index (χ0) is 31.5. The average molecular weight is 619 g/mol. The van der Waals surface area contributed by atoms with Crippen molar-refractivity contribution in [2.75, 3.05) is 22.6 Å². The molecule has 6 rings (SSSR count). The van der Waals surface area contributed by atoms with Crippen molar-refractivity contribution in [2.24, 2.45) is 0 Å². The third-order valence-electron chi connectivity index (χ3n) is 7.98. The minimum atomic E-state index is -0.277. The van der Waals surface area contributed by atoms with E-state index < -0.39 is 0 Å². The number of hydrogen-bond donors (Lipinski definition) is 2. The number of pyridine rings is 1. The van der Waals surface area contributed by atoms with Crippen molar-refractivity contribution in [1.82, 2.24) is 15.0 Å². The summed E-state index contributed by atoms with van der Waals surface area (Å²) in [5.41, 5.74) is 6.15. The van der Waals surface area contributed by atoms with Gasteiger partial charge in [0, 0.05) is 70.2 Å². The topological polar surface area (TPSA) is 109 Å². The number of fused-ring (bicyclic) bond motifs is 1. The van der Waals surface area contributed by atoms with Gasteiger partial charge < -0.3 is 20.3 Å². The zero-order valence-corrected chi connectivity index (χ0v) is 25.7. The zero-order valence-electron chi connectivity index (χ0n) is 25.0. The fourth-order valence-electron chi connectivity index (χ4n) is 5.60. The number of amides is 2. The lowest BCUT2D eigenvalue weighted by Crippen LogP contribution is -2.38. The molecule has 3 heterocycles. The predicted octanol–water partition coefficient (Wildman–Crippen LogP) is 7.41. The Kier molecular flexibility index (Phi) is 8.44. The molecule has 0 fully saturated rings. The molecule has 0 saturated carbocycles. The van der Waals surface area contributed by atoms with E-state index in [-0.39, 0.29) is 30.2 Å². The minimum absolute atomic E-state index is 0.155. The van der Waals surface area contributed by atoms with Gasteiger partial charge in [-0.15, -0.1) is 0 Å². The summed E-state index contributed by atoms with van der Waals surface area (Å²) in [4.78, 5) is 42.1. The maximum absolute atomic E-state index is 13.7. The number of aryl methyl sites for hydroxylation is 1. The highest BCUT2D eigenvalue weighted by Crippen LogP contribution is 2.45. The van der Waals surface area contributed by atoms with Crippen molar-refractivity contribution in [3.63, 3.8) is 0 Å². The van der Waals surface area contributed by atoms with Crippen molar-refractivity contribution < 1.29 is 14.3 Å². The van der Waals surface area contributed by atoms with Gasteiger partial charge in [-0.1, -0.05) is 17.7 Å². The summed E-state index contributed by atoms with van der Waals surface area (Å²) in [6.45, 7) is 3.93. The summed E-state index contributed by atoms with van der Waals surface area (Å²) in [5.74, 6) is 0.511. The lowest BCUT2D eigenvalue weighted by molar-refractivity contribution is -0.116. The molecule has 0 bridgehead atoms. The number of anilines is 4. The molecule has 0 spiro atoms. The number of benzene rings is 3. The van der Waals surface area contributed by atoms with Crippen LogP contribution >= 0.6 is 11.6 Å². The number of halogens is 1. The normalized spacial score (nSPS) is 15.3. The van der Waals surface area contributed by atoms with Crippen LogP contribution in [0.3, 0.4) is 0 Å². The van der Waals surface area contributed by atoms with Gasteiger partial charge >= 0.3 is 0 Å². The molecule has 3 aromatic carbocycles. The highest BCUT2D eigenvalue weighted by Gasteiger charge is 2.40. The first-order valence-corrected chi connectivity index (χ1v) is 14.9. The lowest BCUT2D eigenvalue weighted by atomic mass is 9.92. The van der Waals surface area contributed by atoms with E-state index in [9.17, 15) is 9.59 Å². The fourth-order valence-corrected chi connectivity index (χ4v) is 5.73. The van der Waals surface area contributed by atoms with Gasteiger partial charge in [0.2, 0.25) is 11.9 Å². The van der Waals surface area contributed by atoms with Crippen molar-refractivity contribution in [1.29, 1.82) is 0 Å². The average Bonchev–Trinajstić information content (AvgIpc) is 3.32. The van der Waals surface area contributed by atoms with Gasteiger partial charge in [-0.05, 0) is 97.8 Å². The largest absolute Gasteiger partial charge is 0.497 e. The van der Waals surface area contributed by atoms with E-state index >= 15 is 0 Å². The summed E-state index contributed by atoms with van der Waals surface area (Å²) >= 11 is 6.06. The highest BCUT2D eigenvalue weighted by molar-refractivity contribution is 6.30. The molecule has 2 atom stereocenters. The van der Waals surface area contributed by atoms with Gasteiger partial charge in [0.25, 0.3) is 5.91 Å². The second-order valence-electron chi connectivity index (χ2n) is 10.9. The van der Waals surface area contributed by atoms with Gasteiger partial charge in [0.1, 0.15) is 5.75 Å². The quantitative estimate of drug-likeness (QED) is 0.186. The Morgan fingerprint density at radius 1 is 1.00 bits per heavy atom. The molecule has 9 nitrogen and oxygen atoms in total. The molecule has 45 heavy (non-hydrogen) atoms. The summed E-state index contributed by atoms with van der Waals surface area (Å²) in [6.07, 6.45) is 5.32. The molecule has 0 saturated heterocycles. The van der Waals surface area contributed by atoms with Crippen LogP contribution in [0.1, 0.15) is 40.7 Å². The number of ether oxygens (including phenoxy) is 1. The van der Waals surface area contributed by atoms with E-state index in [1.54, 1.807) is 54.9 Å². The van der Waals surface area contributed by atoms with Crippen LogP contribution in [0.2, 0.25) is 5.02 Å². The Morgan fingerprint density at radius 2 is 1.82 bits per heavy atom. The van der Waals surface area contributed by atoms with E-state index in [0.29, 0.717) is 28.0 Å². The van der Waals surface area contributed by atoms with Gasteiger partial charge in [-0.2, -0.15) is 0 Å². The van der Waals surface area contributed by atoms with Gasteiger partial charge in [-0.25, -0.2) is 9.97 Å². The van der Waals surface area contributed by atoms with E-state index in [0.717, 1.165) is 33.8 Å². The Morgan fingerprint density at radius 3 is 2.58 bits per heavy atom. The van der Waals surface area contributed by atoms with E-state index in [2.05, 4.69) is 25.6 Å². The number of aromatic nitrogens is 3. The van der Waals surface area contributed by atoms with Crippen LogP contribution in [0.15, 0.2) is 97.5 Å². The van der Waals surface area contributed by atoms with Crippen LogP contribution in [0.25, 0.3) is 11.3 Å². The van der Waals surface area contributed by atoms with E-state index in [1.807, 2.05) is 68.4 Å². The number of carbonyl (C=O) groups is 2. The minimum Gasteiger partial charge on any atom is -0.497 e. The van der Waals surface area contributed by atoms with Crippen LogP contribution in [-0.4, -0.2) is 39.9 Å². The van der Waals surface area contributed by atoms with Crippen molar-refractivity contribution in [3.05, 3.63) is 119 Å². The molecule has 226 valence electrons. The number of methoxy groups -OCH3 is 1. The predicted molar refractivity (Wildman–Crippen MR) is 176 cm³/mol. The lowest BCUT2D eigenvalue weighted by Gasteiger charge is -2.25. The molecule has 5 aromatic rings. The monoisotopic (exact) mass is 618 g/mol. The van der Waals surface area contributed by atoms with Crippen molar-refractivity contribution in [2.45, 2.75) is 32.2 Å².